The van der Waals surface area contributed by atoms with Crippen molar-refractivity contribution < 1.29 is 19.5 Å². The van der Waals surface area contributed by atoms with Crippen molar-refractivity contribution >= 4 is 28.6 Å². The molecule has 0 radical (unpaired) electrons. The van der Waals surface area contributed by atoms with Gasteiger partial charge in [0.05, 0.1) is 11.7 Å². The average molecular weight is 327 g/mol. The minimum absolute atomic E-state index is 0.0126. The van der Waals surface area contributed by atoms with Gasteiger partial charge in [-0.3, -0.25) is 14.6 Å². The van der Waals surface area contributed by atoms with E-state index in [1.807, 2.05) is 0 Å². The summed E-state index contributed by atoms with van der Waals surface area (Å²) in [5.74, 6) is -0.821. The Morgan fingerprint density at radius 3 is 2.88 bits per heavy atom. The van der Waals surface area contributed by atoms with E-state index in [-0.39, 0.29) is 24.2 Å². The smallest absolute Gasteiger partial charge is 0.326 e. The van der Waals surface area contributed by atoms with Crippen molar-refractivity contribution in [2.75, 3.05) is 6.54 Å². The second kappa shape index (κ2) is 5.15. The summed E-state index contributed by atoms with van der Waals surface area (Å²) in [4.78, 5) is 41.4. The lowest BCUT2D eigenvalue weighted by molar-refractivity contribution is -0.149. The predicted octanol–water partition coefficient (Wildman–Crippen LogP) is 1.17. The van der Waals surface area contributed by atoms with Gasteiger partial charge in [0.15, 0.2) is 5.78 Å². The topological polar surface area (TPSA) is 92.5 Å². The number of pyridine rings is 1. The van der Waals surface area contributed by atoms with Crippen LogP contribution in [-0.4, -0.2) is 49.8 Å². The van der Waals surface area contributed by atoms with E-state index in [4.69, 9.17) is 0 Å². The Kier molecular flexibility index (Phi) is 3.19. The van der Waals surface area contributed by atoms with Crippen LogP contribution in [0.4, 0.5) is 0 Å². The Morgan fingerprint density at radius 2 is 2.17 bits per heavy atom. The van der Waals surface area contributed by atoms with E-state index in [9.17, 15) is 19.5 Å². The van der Waals surface area contributed by atoms with Crippen LogP contribution in [0.25, 0.3) is 10.9 Å². The van der Waals surface area contributed by atoms with Crippen molar-refractivity contribution in [1.29, 1.82) is 0 Å². The number of Topliss-reactive ketones (excluding diaryl/α,β-unsaturated/α-hetero) is 1. The minimum atomic E-state index is -0.934. The first-order chi connectivity index (χ1) is 11.5. The normalized spacial score (nSPS) is 24.9. The second-order valence-electron chi connectivity index (χ2n) is 6.61. The summed E-state index contributed by atoms with van der Waals surface area (Å²) in [7, 11) is 0. The van der Waals surface area contributed by atoms with Crippen molar-refractivity contribution in [3.63, 3.8) is 0 Å². The largest absolute Gasteiger partial charge is 0.480 e. The molecule has 2 fully saturated rings. The number of hydrogen-bond donors (Lipinski definition) is 1. The highest BCUT2D eigenvalue weighted by Crippen LogP contribution is 2.49. The lowest BCUT2D eigenvalue weighted by Gasteiger charge is -2.24. The third kappa shape index (κ3) is 2.19. The molecule has 1 N–H and O–H groups in total. The molecule has 124 valence electrons. The number of aromatic nitrogens is 2. The van der Waals surface area contributed by atoms with Gasteiger partial charge < -0.3 is 14.6 Å². The molecule has 4 rings (SSSR count). The Bertz CT molecular complexity index is 872. The van der Waals surface area contributed by atoms with Gasteiger partial charge in [0.2, 0.25) is 5.91 Å². The van der Waals surface area contributed by atoms with Gasteiger partial charge in [0.1, 0.15) is 12.6 Å². The number of carboxylic acids is 1. The van der Waals surface area contributed by atoms with Crippen LogP contribution < -0.4 is 0 Å². The van der Waals surface area contributed by atoms with Gasteiger partial charge in [-0.1, -0.05) is 0 Å². The zero-order chi connectivity index (χ0) is 17.0. The minimum Gasteiger partial charge on any atom is -0.480 e. The molecular weight excluding hydrogens is 310 g/mol. The quantitative estimate of drug-likeness (QED) is 0.851. The molecule has 1 aliphatic carbocycles. The van der Waals surface area contributed by atoms with Crippen LogP contribution in [0.15, 0.2) is 24.7 Å². The summed E-state index contributed by atoms with van der Waals surface area (Å²) in [5.41, 5.74) is 1.24. The van der Waals surface area contributed by atoms with Crippen molar-refractivity contribution in [3.05, 3.63) is 30.2 Å². The fraction of sp³-hybridized carbons (Fsp3) is 0.412. The molecule has 1 aliphatic heterocycles. The van der Waals surface area contributed by atoms with Gasteiger partial charge in [-0.2, -0.15) is 0 Å². The van der Waals surface area contributed by atoms with Crippen molar-refractivity contribution in [3.8, 4) is 0 Å². The van der Waals surface area contributed by atoms with Gasteiger partial charge in [-0.25, -0.2) is 4.79 Å². The molecule has 3 atom stereocenters. The summed E-state index contributed by atoms with van der Waals surface area (Å²) in [6.07, 6.45) is 5.77. The van der Waals surface area contributed by atoms with Gasteiger partial charge in [0.25, 0.3) is 0 Å². The number of rotatable bonds is 4. The van der Waals surface area contributed by atoms with E-state index >= 15 is 0 Å². The lowest BCUT2D eigenvalue weighted by Crippen LogP contribution is -2.44. The number of aliphatic carboxylic acids is 1. The molecule has 0 unspecified atom stereocenters. The lowest BCUT2D eigenvalue weighted by atomic mass is 10.1. The molecule has 0 aromatic carbocycles. The van der Waals surface area contributed by atoms with Crippen LogP contribution in [0.1, 0.15) is 23.7 Å². The van der Waals surface area contributed by atoms with E-state index in [0.29, 0.717) is 23.5 Å². The van der Waals surface area contributed by atoms with Crippen LogP contribution in [0.3, 0.4) is 0 Å². The molecule has 0 spiro atoms. The Hall–Kier alpha value is -2.70. The standard InChI is InChI=1S/C17H17N3O4/c1-9(21)13-7-19(14-5-18-3-2-11(13)14)8-15(22)20-6-10-4-12(10)16(20)17(23)24/h2-3,5,7,10,12,16H,4,6,8H2,1H3,(H,23,24)/t10-,12-,16-/m0/s1. The van der Waals surface area contributed by atoms with Gasteiger partial charge in [-0.15, -0.1) is 0 Å². The number of ketones is 1. The fourth-order valence-electron chi connectivity index (χ4n) is 3.82. The summed E-state index contributed by atoms with van der Waals surface area (Å²) in [6.45, 7) is 2.01. The third-order valence-electron chi connectivity index (χ3n) is 5.09. The SMILES string of the molecule is CC(=O)c1cn(CC(=O)N2C[C@@H]3C[C@@H]3[C@H]2C(=O)O)c2cnccc12. The van der Waals surface area contributed by atoms with Crippen LogP contribution in [-0.2, 0) is 16.1 Å². The fourth-order valence-corrected chi connectivity index (χ4v) is 3.82. The van der Waals surface area contributed by atoms with Gasteiger partial charge in [-0.05, 0) is 31.2 Å². The predicted molar refractivity (Wildman–Crippen MR) is 84.5 cm³/mol. The van der Waals surface area contributed by atoms with E-state index in [1.165, 1.54) is 11.8 Å². The Balaban J connectivity index is 1.64. The Labute approximate surface area is 137 Å². The second-order valence-corrected chi connectivity index (χ2v) is 6.61. The van der Waals surface area contributed by atoms with E-state index in [1.54, 1.807) is 29.2 Å². The number of likely N-dealkylation sites (tertiary alicyclic amines) is 1. The van der Waals surface area contributed by atoms with Crippen LogP contribution >= 0.6 is 0 Å². The maximum Gasteiger partial charge on any atom is 0.326 e. The summed E-state index contributed by atoms with van der Waals surface area (Å²) in [6, 6.07) is 1.03. The van der Waals surface area contributed by atoms with Crippen molar-refractivity contribution in [2.24, 2.45) is 11.8 Å². The van der Waals surface area contributed by atoms with Crippen molar-refractivity contribution in [1.82, 2.24) is 14.5 Å². The number of nitrogens with zero attached hydrogens (tertiary/aromatic N) is 3. The highest BCUT2D eigenvalue weighted by atomic mass is 16.4. The highest BCUT2D eigenvalue weighted by molar-refractivity contribution is 6.07. The number of carbonyl (C=O) groups is 3. The molecule has 7 nitrogen and oxygen atoms in total. The molecule has 1 amide bonds. The number of carbonyl (C=O) groups excluding carboxylic acids is 2. The molecular formula is C17H17N3O4. The van der Waals surface area contributed by atoms with Crippen LogP contribution in [0.5, 0.6) is 0 Å². The maximum atomic E-state index is 12.7. The van der Waals surface area contributed by atoms with Crippen molar-refractivity contribution in [2.45, 2.75) is 25.9 Å². The monoisotopic (exact) mass is 327 g/mol. The van der Waals surface area contributed by atoms with Crippen LogP contribution in [0.2, 0.25) is 0 Å². The molecule has 2 aliphatic rings. The molecule has 7 heteroatoms. The van der Waals surface area contributed by atoms with Crippen LogP contribution in [0, 0.1) is 11.8 Å². The molecule has 3 heterocycles. The van der Waals surface area contributed by atoms with Gasteiger partial charge >= 0.3 is 5.97 Å². The maximum absolute atomic E-state index is 12.7. The zero-order valence-electron chi connectivity index (χ0n) is 13.2. The molecule has 2 aromatic heterocycles. The molecule has 1 saturated carbocycles. The van der Waals surface area contributed by atoms with E-state index in [2.05, 4.69) is 4.98 Å². The molecule has 0 bridgehead atoms. The number of piperidine rings is 1. The van der Waals surface area contributed by atoms with Gasteiger partial charge in [0, 0.05) is 29.9 Å². The number of hydrogen-bond acceptors (Lipinski definition) is 4. The summed E-state index contributed by atoms with van der Waals surface area (Å²) in [5, 5.41) is 10.1. The Morgan fingerprint density at radius 1 is 1.38 bits per heavy atom. The first-order valence-electron chi connectivity index (χ1n) is 7.93. The highest BCUT2D eigenvalue weighted by Gasteiger charge is 2.56. The number of carboxylic acid groups (broad SMARTS) is 1. The molecule has 24 heavy (non-hydrogen) atoms. The number of amides is 1. The third-order valence-corrected chi connectivity index (χ3v) is 5.09. The molecule has 1 saturated heterocycles. The summed E-state index contributed by atoms with van der Waals surface area (Å²) < 4.78 is 1.68. The molecule has 2 aromatic rings. The van der Waals surface area contributed by atoms with E-state index < -0.39 is 12.0 Å². The summed E-state index contributed by atoms with van der Waals surface area (Å²) >= 11 is 0. The van der Waals surface area contributed by atoms with E-state index in [0.717, 1.165) is 11.8 Å². The average Bonchev–Trinajstić information content (AvgIpc) is 3.04. The number of fused-ring (bicyclic) bond motifs is 2. The zero-order valence-corrected chi connectivity index (χ0v) is 13.2. The first-order valence-corrected chi connectivity index (χ1v) is 7.93. The first kappa shape index (κ1) is 14.9.